The second-order valence-corrected chi connectivity index (χ2v) is 9.21. The standard InChI is InChI=1S/C28H23N2S/c1-17-11-12-21-22-13-14-23(29-4)26(20-9-7-6-8-10-20)28(22)31-27(21)25(17)24-15-18(2)19(3)16-30(24)5/h6-16H,1-3,5H3/q+1. The molecule has 0 N–H and O–H groups in total. The van der Waals surface area contributed by atoms with Crippen molar-refractivity contribution in [1.29, 1.82) is 0 Å². The maximum Gasteiger partial charge on any atom is 0.214 e. The van der Waals surface area contributed by atoms with Gasteiger partial charge in [0, 0.05) is 32.0 Å². The molecule has 0 unspecified atom stereocenters. The molecule has 2 aromatic heterocycles. The zero-order chi connectivity index (χ0) is 21.7. The largest absolute Gasteiger partial charge is 0.237 e. The van der Waals surface area contributed by atoms with Gasteiger partial charge in [-0.3, -0.25) is 0 Å². The van der Waals surface area contributed by atoms with Gasteiger partial charge in [0.1, 0.15) is 7.05 Å². The fraction of sp³-hybridized carbons (Fsp3) is 0.143. The van der Waals surface area contributed by atoms with Crippen LogP contribution in [0, 0.1) is 27.3 Å². The van der Waals surface area contributed by atoms with Crippen molar-refractivity contribution in [2.75, 3.05) is 0 Å². The Balaban J connectivity index is 1.92. The third-order valence-electron chi connectivity index (χ3n) is 6.18. The second kappa shape index (κ2) is 7.34. The number of aromatic nitrogens is 1. The normalized spacial score (nSPS) is 11.2. The van der Waals surface area contributed by atoms with E-state index in [1.165, 1.54) is 48.1 Å². The number of rotatable bonds is 2. The van der Waals surface area contributed by atoms with Crippen LogP contribution in [0.1, 0.15) is 16.7 Å². The number of thiophene rings is 1. The molecule has 0 amide bonds. The van der Waals surface area contributed by atoms with Gasteiger partial charge < -0.3 is 0 Å². The maximum absolute atomic E-state index is 7.75. The molecule has 0 aliphatic carbocycles. The second-order valence-electron chi connectivity index (χ2n) is 8.19. The Morgan fingerprint density at radius 3 is 2.16 bits per heavy atom. The molecule has 0 spiro atoms. The van der Waals surface area contributed by atoms with E-state index in [9.17, 15) is 0 Å². The first-order chi connectivity index (χ1) is 15.0. The zero-order valence-electron chi connectivity index (χ0n) is 18.2. The van der Waals surface area contributed by atoms with Crippen molar-refractivity contribution < 1.29 is 4.57 Å². The SMILES string of the molecule is [C-]#[N+]c1ccc2c(sc3c(-c4cc(C)c(C)c[n+]4C)c(C)ccc32)c1-c1ccccc1. The molecule has 0 radical (unpaired) electrons. The molecule has 2 nitrogen and oxygen atoms in total. The molecule has 31 heavy (non-hydrogen) atoms. The van der Waals surface area contributed by atoms with E-state index in [1.54, 1.807) is 0 Å². The number of nitrogens with zero attached hydrogens (tertiary/aromatic N) is 2. The Labute approximate surface area is 186 Å². The monoisotopic (exact) mass is 419 g/mol. The lowest BCUT2D eigenvalue weighted by Gasteiger charge is -2.08. The molecule has 3 aromatic carbocycles. The van der Waals surface area contributed by atoms with Crippen LogP contribution in [0.15, 0.2) is 66.9 Å². The van der Waals surface area contributed by atoms with Crippen molar-refractivity contribution in [1.82, 2.24) is 0 Å². The summed E-state index contributed by atoms with van der Waals surface area (Å²) in [5.41, 5.74) is 9.22. The van der Waals surface area contributed by atoms with E-state index in [2.05, 4.69) is 79.8 Å². The molecule has 2 heterocycles. The highest BCUT2D eigenvalue weighted by atomic mass is 32.1. The molecular formula is C28H23N2S+. The molecule has 0 aliphatic heterocycles. The summed E-state index contributed by atoms with van der Waals surface area (Å²) in [6.45, 7) is 14.3. The molecule has 0 saturated carbocycles. The summed E-state index contributed by atoms with van der Waals surface area (Å²) in [5, 5.41) is 2.48. The molecule has 150 valence electrons. The van der Waals surface area contributed by atoms with Crippen LogP contribution in [0.2, 0.25) is 0 Å². The van der Waals surface area contributed by atoms with Crippen molar-refractivity contribution in [3.05, 3.63) is 95.0 Å². The zero-order valence-corrected chi connectivity index (χ0v) is 19.0. The lowest BCUT2D eigenvalue weighted by Crippen LogP contribution is -2.31. The fourth-order valence-corrected chi connectivity index (χ4v) is 5.89. The van der Waals surface area contributed by atoms with Crippen molar-refractivity contribution in [2.24, 2.45) is 7.05 Å². The summed E-state index contributed by atoms with van der Waals surface area (Å²) in [6, 6.07) is 21.2. The Morgan fingerprint density at radius 1 is 0.774 bits per heavy atom. The van der Waals surface area contributed by atoms with Crippen LogP contribution in [-0.4, -0.2) is 0 Å². The predicted molar refractivity (Wildman–Crippen MR) is 132 cm³/mol. The summed E-state index contributed by atoms with van der Waals surface area (Å²) in [4.78, 5) is 3.85. The molecule has 0 atom stereocenters. The van der Waals surface area contributed by atoms with Crippen molar-refractivity contribution in [3.63, 3.8) is 0 Å². The molecule has 0 fully saturated rings. The van der Waals surface area contributed by atoms with Crippen LogP contribution in [0.3, 0.4) is 0 Å². The van der Waals surface area contributed by atoms with E-state index < -0.39 is 0 Å². The first-order valence-electron chi connectivity index (χ1n) is 10.4. The molecule has 5 rings (SSSR count). The third kappa shape index (κ3) is 3.03. The van der Waals surface area contributed by atoms with Crippen molar-refractivity contribution >= 4 is 37.2 Å². The maximum atomic E-state index is 7.75. The van der Waals surface area contributed by atoms with Crippen LogP contribution < -0.4 is 4.57 Å². The van der Waals surface area contributed by atoms with Crippen LogP contribution in [-0.2, 0) is 7.05 Å². The van der Waals surface area contributed by atoms with Crippen molar-refractivity contribution in [3.8, 4) is 22.4 Å². The van der Waals surface area contributed by atoms with Gasteiger partial charge in [-0.2, -0.15) is 0 Å². The summed E-state index contributed by atoms with van der Waals surface area (Å²) < 4.78 is 4.71. The van der Waals surface area contributed by atoms with E-state index in [1.807, 2.05) is 35.6 Å². The van der Waals surface area contributed by atoms with E-state index >= 15 is 0 Å². The Morgan fingerprint density at radius 2 is 1.45 bits per heavy atom. The molecule has 0 saturated heterocycles. The number of hydrogen-bond donors (Lipinski definition) is 0. The summed E-state index contributed by atoms with van der Waals surface area (Å²) in [7, 11) is 2.12. The van der Waals surface area contributed by atoms with E-state index in [-0.39, 0.29) is 0 Å². The molecular weight excluding hydrogens is 396 g/mol. The van der Waals surface area contributed by atoms with Gasteiger partial charge in [-0.05, 0) is 42.8 Å². The number of aryl methyl sites for hydroxylation is 4. The van der Waals surface area contributed by atoms with Crippen molar-refractivity contribution in [2.45, 2.75) is 20.8 Å². The number of fused-ring (bicyclic) bond motifs is 3. The highest BCUT2D eigenvalue weighted by Gasteiger charge is 2.22. The number of hydrogen-bond acceptors (Lipinski definition) is 1. The van der Waals surface area contributed by atoms with E-state index in [0.717, 1.165) is 11.1 Å². The van der Waals surface area contributed by atoms with Crippen LogP contribution >= 0.6 is 11.3 Å². The van der Waals surface area contributed by atoms with Crippen LogP contribution in [0.4, 0.5) is 5.69 Å². The summed E-state index contributed by atoms with van der Waals surface area (Å²) in [5.74, 6) is 0. The Kier molecular flexibility index (Phi) is 4.61. The summed E-state index contributed by atoms with van der Waals surface area (Å²) >= 11 is 1.81. The summed E-state index contributed by atoms with van der Waals surface area (Å²) in [6.07, 6.45) is 2.21. The van der Waals surface area contributed by atoms with Gasteiger partial charge in [-0.1, -0.05) is 54.6 Å². The minimum absolute atomic E-state index is 0.709. The van der Waals surface area contributed by atoms with Crippen LogP contribution in [0.25, 0.3) is 47.4 Å². The predicted octanol–water partition coefficient (Wildman–Crippen LogP) is 7.69. The van der Waals surface area contributed by atoms with Crippen LogP contribution in [0.5, 0.6) is 0 Å². The van der Waals surface area contributed by atoms with E-state index in [4.69, 9.17) is 6.57 Å². The quantitative estimate of drug-likeness (QED) is 0.205. The number of pyridine rings is 1. The average molecular weight is 420 g/mol. The molecule has 3 heteroatoms. The van der Waals surface area contributed by atoms with Gasteiger partial charge in [-0.15, -0.1) is 11.3 Å². The fourth-order valence-electron chi connectivity index (χ4n) is 4.42. The molecule has 0 bridgehead atoms. The Bertz CT molecular complexity index is 1520. The smallest absolute Gasteiger partial charge is 0.214 e. The molecule has 0 aliphatic rings. The van der Waals surface area contributed by atoms with Gasteiger partial charge in [0.2, 0.25) is 5.69 Å². The van der Waals surface area contributed by atoms with E-state index in [0.29, 0.717) is 5.69 Å². The first kappa shape index (κ1) is 19.5. The minimum Gasteiger partial charge on any atom is -0.237 e. The topological polar surface area (TPSA) is 8.24 Å². The minimum atomic E-state index is 0.709. The lowest BCUT2D eigenvalue weighted by molar-refractivity contribution is -0.660. The van der Waals surface area contributed by atoms with Gasteiger partial charge in [0.15, 0.2) is 11.9 Å². The number of benzene rings is 3. The van der Waals surface area contributed by atoms with Gasteiger partial charge in [0.25, 0.3) is 0 Å². The highest BCUT2D eigenvalue weighted by Crippen LogP contribution is 2.47. The van der Waals surface area contributed by atoms with Gasteiger partial charge in [-0.25, -0.2) is 9.41 Å². The lowest BCUT2D eigenvalue weighted by atomic mass is 9.97. The van der Waals surface area contributed by atoms with Gasteiger partial charge in [0.05, 0.1) is 12.1 Å². The highest BCUT2D eigenvalue weighted by molar-refractivity contribution is 7.27. The molecule has 5 aromatic rings. The third-order valence-corrected chi connectivity index (χ3v) is 7.43. The Hall–Kier alpha value is -3.48. The van der Waals surface area contributed by atoms with Gasteiger partial charge >= 0.3 is 0 Å². The first-order valence-corrected chi connectivity index (χ1v) is 11.2. The average Bonchev–Trinajstić information content (AvgIpc) is 3.15.